The van der Waals surface area contributed by atoms with Crippen molar-refractivity contribution in [3.63, 3.8) is 0 Å². The maximum Gasteiger partial charge on any atom is 0.418 e. The van der Waals surface area contributed by atoms with Gasteiger partial charge in [0.25, 0.3) is 0 Å². The number of benzene rings is 2. The fourth-order valence-corrected chi connectivity index (χ4v) is 3.31. The van der Waals surface area contributed by atoms with E-state index in [1.165, 1.54) is 36.4 Å². The first kappa shape index (κ1) is 26.4. The quantitative estimate of drug-likeness (QED) is 0.552. The molecule has 0 heterocycles. The Bertz CT molecular complexity index is 1720. The fraction of sp³-hybridized carbons (Fsp3) is 0.0870. The van der Waals surface area contributed by atoms with Gasteiger partial charge in [-0.2, -0.15) is 63.2 Å². The minimum Gasteiger partial charge on any atom is -0.192 e. The first-order valence-electron chi connectivity index (χ1n) is 8.94. The molecule has 0 aliphatic rings. The number of nitrogens with zero attached hydrogens (tertiary/aromatic N) is 7. The van der Waals surface area contributed by atoms with E-state index in [2.05, 4.69) is 0 Å². The molecule has 2 aromatic carbocycles. The molecule has 0 radical (unpaired) electrons. The average Bonchev–Trinajstić information content (AvgIpc) is 2.83. The van der Waals surface area contributed by atoms with Gasteiger partial charge in [0.1, 0.15) is 42.0 Å². The number of alkyl halides is 6. The lowest BCUT2D eigenvalue weighted by Crippen LogP contribution is -2.24. The maximum atomic E-state index is 13.7. The van der Waals surface area contributed by atoms with Crippen LogP contribution >= 0.6 is 0 Å². The lowest BCUT2D eigenvalue weighted by molar-refractivity contribution is -0.162. The summed E-state index contributed by atoms with van der Waals surface area (Å²) in [5, 5.41) is 64.8. The number of rotatable bonds is 1. The summed E-state index contributed by atoms with van der Waals surface area (Å²) in [5.41, 5.74) is -11.7. The predicted molar refractivity (Wildman–Crippen MR) is 104 cm³/mol. The van der Waals surface area contributed by atoms with Gasteiger partial charge in [0, 0.05) is 16.0 Å². The molecule has 0 aromatic heterocycles. The normalized spacial score (nSPS) is 11.3. The molecule has 0 N–H and O–H groups in total. The molecule has 172 valence electrons. The third-order valence-corrected chi connectivity index (χ3v) is 4.70. The van der Waals surface area contributed by atoms with E-state index in [9.17, 15) is 52.7 Å². The molecule has 0 amide bonds. The van der Waals surface area contributed by atoms with E-state index in [0.29, 0.717) is 0 Å². The minimum absolute atomic E-state index is 0.167. The van der Waals surface area contributed by atoms with Gasteiger partial charge in [-0.25, -0.2) is 0 Å². The van der Waals surface area contributed by atoms with Gasteiger partial charge >= 0.3 is 12.4 Å². The second kappa shape index (κ2) is 9.59. The number of hydrogen-bond donors (Lipinski definition) is 0. The lowest BCUT2D eigenvalue weighted by atomic mass is 9.86. The van der Waals surface area contributed by atoms with Crippen LogP contribution in [-0.4, -0.2) is 0 Å². The fourth-order valence-electron chi connectivity index (χ4n) is 3.31. The van der Waals surface area contributed by atoms with Gasteiger partial charge in [0.15, 0.2) is 0 Å². The standard InChI is InChI=1S/C23H3F6N7/c24-22(25,26)19-3-11(4-30)20(18(10-36)21(19)23(27,28)29)17(9-35)14-2-1-13(12(5-31)6-32)15(7-33)16(14)8-34/h1-3H/b17-14+. The monoisotopic (exact) mass is 491 g/mol. The van der Waals surface area contributed by atoms with E-state index in [1.807, 2.05) is 0 Å². The van der Waals surface area contributed by atoms with Crippen LogP contribution < -0.4 is 10.4 Å². The van der Waals surface area contributed by atoms with Crippen LogP contribution in [-0.2, 0) is 12.4 Å². The van der Waals surface area contributed by atoms with Gasteiger partial charge in [0.05, 0.1) is 45.0 Å². The highest BCUT2D eigenvalue weighted by atomic mass is 19.4. The van der Waals surface area contributed by atoms with E-state index in [-0.39, 0.29) is 11.3 Å². The van der Waals surface area contributed by atoms with Crippen LogP contribution in [0.25, 0.3) is 11.1 Å². The second-order valence-corrected chi connectivity index (χ2v) is 6.54. The SMILES string of the molecule is N#CC(C#N)=c1cc/c(=C(/C#N)c2c(C#N)cc(C(F)(F)F)c(C(F)(F)F)c2C#N)c(C#N)c1C#N. The molecule has 0 fully saturated rings. The Hall–Kier alpha value is -5.81. The van der Waals surface area contributed by atoms with Crippen molar-refractivity contribution in [1.82, 2.24) is 0 Å². The highest BCUT2D eigenvalue weighted by molar-refractivity contribution is 5.86. The zero-order valence-electron chi connectivity index (χ0n) is 17.1. The molecule has 36 heavy (non-hydrogen) atoms. The van der Waals surface area contributed by atoms with Gasteiger partial charge in [0.2, 0.25) is 0 Å². The molecule has 0 unspecified atom stereocenters. The molecule has 0 spiro atoms. The molecule has 0 saturated heterocycles. The van der Waals surface area contributed by atoms with Gasteiger partial charge in [-0.3, -0.25) is 0 Å². The third-order valence-electron chi connectivity index (χ3n) is 4.70. The van der Waals surface area contributed by atoms with Crippen LogP contribution in [0.2, 0.25) is 0 Å². The number of hydrogen-bond acceptors (Lipinski definition) is 7. The molecule has 0 bridgehead atoms. The van der Waals surface area contributed by atoms with E-state index in [1.54, 1.807) is 0 Å². The maximum absolute atomic E-state index is 13.7. The Balaban J connectivity index is 3.43. The molecule has 0 saturated carbocycles. The molecule has 0 aliphatic carbocycles. The van der Waals surface area contributed by atoms with Crippen LogP contribution in [0.1, 0.15) is 38.9 Å². The van der Waals surface area contributed by atoms with Crippen LogP contribution in [0, 0.1) is 79.3 Å². The van der Waals surface area contributed by atoms with E-state index in [0.717, 1.165) is 18.2 Å². The van der Waals surface area contributed by atoms with Crippen molar-refractivity contribution in [2.24, 2.45) is 0 Å². The number of halogens is 6. The first-order chi connectivity index (χ1) is 16.9. The van der Waals surface area contributed by atoms with Gasteiger partial charge in [-0.1, -0.05) is 12.1 Å². The summed E-state index contributed by atoms with van der Waals surface area (Å²) in [7, 11) is 0. The summed E-state index contributed by atoms with van der Waals surface area (Å²) < 4.78 is 81.4. The predicted octanol–water partition coefficient (Wildman–Crippen LogP) is 3.13. The molecular formula is C23H3F6N7. The molecular weight excluding hydrogens is 488 g/mol. The topological polar surface area (TPSA) is 167 Å². The summed E-state index contributed by atoms with van der Waals surface area (Å²) in [5.74, 6) is 0. The average molecular weight is 491 g/mol. The van der Waals surface area contributed by atoms with Crippen molar-refractivity contribution in [3.05, 3.63) is 67.6 Å². The van der Waals surface area contributed by atoms with Crippen molar-refractivity contribution in [3.8, 4) is 42.5 Å². The highest BCUT2D eigenvalue weighted by Gasteiger charge is 2.47. The molecule has 2 rings (SSSR count). The van der Waals surface area contributed by atoms with Crippen molar-refractivity contribution < 1.29 is 26.3 Å². The Morgan fingerprint density at radius 1 is 0.611 bits per heavy atom. The Labute approximate surface area is 197 Å². The summed E-state index contributed by atoms with van der Waals surface area (Å²) >= 11 is 0. The lowest BCUT2D eigenvalue weighted by Gasteiger charge is -2.20. The molecule has 2 aromatic rings. The minimum atomic E-state index is -5.75. The molecule has 0 aliphatic heterocycles. The molecule has 7 nitrogen and oxygen atoms in total. The second-order valence-electron chi connectivity index (χ2n) is 6.54. The van der Waals surface area contributed by atoms with E-state index in [4.69, 9.17) is 10.5 Å². The third kappa shape index (κ3) is 4.35. The van der Waals surface area contributed by atoms with Crippen LogP contribution in [0.4, 0.5) is 26.3 Å². The zero-order valence-corrected chi connectivity index (χ0v) is 17.1. The van der Waals surface area contributed by atoms with Crippen molar-refractivity contribution >= 4 is 11.1 Å². The highest BCUT2D eigenvalue weighted by Crippen LogP contribution is 2.44. The summed E-state index contributed by atoms with van der Waals surface area (Å²) in [6, 6.07) is 11.2. The van der Waals surface area contributed by atoms with Crippen LogP contribution in [0.5, 0.6) is 0 Å². The zero-order chi connectivity index (χ0) is 27.4. The van der Waals surface area contributed by atoms with Crippen molar-refractivity contribution in [2.45, 2.75) is 12.4 Å². The Kier molecular flexibility index (Phi) is 7.04. The summed E-state index contributed by atoms with van der Waals surface area (Å²) in [6.07, 6.45) is -11.4. The van der Waals surface area contributed by atoms with Crippen molar-refractivity contribution in [1.29, 1.82) is 36.8 Å². The first-order valence-corrected chi connectivity index (χ1v) is 8.94. The van der Waals surface area contributed by atoms with E-state index < -0.39 is 67.7 Å². The van der Waals surface area contributed by atoms with Gasteiger partial charge < -0.3 is 0 Å². The summed E-state index contributed by atoms with van der Waals surface area (Å²) in [4.78, 5) is 0. The molecule has 13 heteroatoms. The van der Waals surface area contributed by atoms with Gasteiger partial charge in [-0.05, 0) is 6.07 Å². The van der Waals surface area contributed by atoms with Crippen LogP contribution in [0.15, 0.2) is 18.2 Å². The van der Waals surface area contributed by atoms with E-state index >= 15 is 0 Å². The Morgan fingerprint density at radius 3 is 1.50 bits per heavy atom. The summed E-state index contributed by atoms with van der Waals surface area (Å²) in [6.45, 7) is 0. The smallest absolute Gasteiger partial charge is 0.192 e. The van der Waals surface area contributed by atoms with Crippen molar-refractivity contribution in [2.75, 3.05) is 0 Å². The number of nitriles is 7. The Morgan fingerprint density at radius 2 is 1.11 bits per heavy atom. The van der Waals surface area contributed by atoms with Gasteiger partial charge in [-0.15, -0.1) is 0 Å². The molecule has 0 atom stereocenters. The van der Waals surface area contributed by atoms with Crippen LogP contribution in [0.3, 0.4) is 0 Å². The largest absolute Gasteiger partial charge is 0.418 e.